The lowest BCUT2D eigenvalue weighted by molar-refractivity contribution is 0.134. The maximum Gasteiger partial charge on any atom is 0.407 e. The standard InChI is InChI=1S/C23H22N2O2/c26-23(27-16-17-9-3-1-4-10-17)25-22-15-21(18-11-5-2-6-12-18)24-20-14-8-7-13-19(20)22/h1-14,21-22,24H,15-16H2,(H,25,26)/t21-,22-/m0/s1. The van der Waals surface area contributed by atoms with Gasteiger partial charge >= 0.3 is 6.09 Å². The zero-order valence-electron chi connectivity index (χ0n) is 15.0. The molecule has 0 spiro atoms. The number of hydrogen-bond donors (Lipinski definition) is 2. The first-order valence-electron chi connectivity index (χ1n) is 9.17. The monoisotopic (exact) mass is 358 g/mol. The number of anilines is 1. The molecule has 3 aromatic rings. The third-order valence-corrected chi connectivity index (χ3v) is 4.84. The van der Waals surface area contributed by atoms with Gasteiger partial charge in [-0.15, -0.1) is 0 Å². The summed E-state index contributed by atoms with van der Waals surface area (Å²) in [6.07, 6.45) is 0.369. The molecule has 1 aliphatic rings. The molecule has 0 saturated heterocycles. The minimum Gasteiger partial charge on any atom is -0.445 e. The van der Waals surface area contributed by atoms with Crippen molar-refractivity contribution in [3.8, 4) is 0 Å². The van der Waals surface area contributed by atoms with Crippen LogP contribution >= 0.6 is 0 Å². The summed E-state index contributed by atoms with van der Waals surface area (Å²) in [6.45, 7) is 0.265. The molecule has 136 valence electrons. The van der Waals surface area contributed by atoms with Crippen LogP contribution in [0.15, 0.2) is 84.9 Å². The molecule has 0 bridgehead atoms. The molecular weight excluding hydrogens is 336 g/mol. The highest BCUT2D eigenvalue weighted by atomic mass is 16.5. The third-order valence-electron chi connectivity index (χ3n) is 4.84. The molecule has 4 nitrogen and oxygen atoms in total. The summed E-state index contributed by atoms with van der Waals surface area (Å²) in [6, 6.07) is 28.1. The first kappa shape index (κ1) is 17.2. The van der Waals surface area contributed by atoms with E-state index in [2.05, 4.69) is 28.8 Å². The number of hydrogen-bond acceptors (Lipinski definition) is 3. The van der Waals surface area contributed by atoms with E-state index >= 15 is 0 Å². The highest BCUT2D eigenvalue weighted by molar-refractivity contribution is 5.69. The Kier molecular flexibility index (Phi) is 5.06. The van der Waals surface area contributed by atoms with E-state index in [1.165, 1.54) is 5.56 Å². The predicted molar refractivity (Wildman–Crippen MR) is 106 cm³/mol. The van der Waals surface area contributed by atoms with Crippen molar-refractivity contribution in [2.45, 2.75) is 25.1 Å². The van der Waals surface area contributed by atoms with Gasteiger partial charge in [0, 0.05) is 5.69 Å². The van der Waals surface area contributed by atoms with E-state index in [9.17, 15) is 4.79 Å². The van der Waals surface area contributed by atoms with Crippen LogP contribution < -0.4 is 10.6 Å². The van der Waals surface area contributed by atoms with E-state index < -0.39 is 6.09 Å². The third kappa shape index (κ3) is 4.11. The Balaban J connectivity index is 1.47. The number of carbonyl (C=O) groups is 1. The molecule has 0 aliphatic carbocycles. The zero-order chi connectivity index (χ0) is 18.5. The van der Waals surface area contributed by atoms with Crippen molar-refractivity contribution in [1.82, 2.24) is 5.32 Å². The molecule has 2 N–H and O–H groups in total. The van der Waals surface area contributed by atoms with Crippen LogP contribution in [0.4, 0.5) is 10.5 Å². The van der Waals surface area contributed by atoms with Gasteiger partial charge in [0.1, 0.15) is 6.61 Å². The van der Waals surface area contributed by atoms with Crippen LogP contribution in [0.3, 0.4) is 0 Å². The van der Waals surface area contributed by atoms with Gasteiger partial charge in [-0.3, -0.25) is 0 Å². The molecule has 0 saturated carbocycles. The van der Waals surface area contributed by atoms with E-state index in [-0.39, 0.29) is 18.7 Å². The second-order valence-corrected chi connectivity index (χ2v) is 6.69. The number of ether oxygens (including phenoxy) is 1. The Morgan fingerprint density at radius 3 is 2.37 bits per heavy atom. The summed E-state index contributed by atoms with van der Waals surface area (Å²) in [5.41, 5.74) is 4.31. The van der Waals surface area contributed by atoms with Crippen molar-refractivity contribution in [2.24, 2.45) is 0 Å². The zero-order valence-corrected chi connectivity index (χ0v) is 15.0. The Labute approximate surface area is 159 Å². The number of alkyl carbamates (subject to hydrolysis) is 1. The van der Waals surface area contributed by atoms with Crippen molar-refractivity contribution in [2.75, 3.05) is 5.32 Å². The Bertz CT molecular complexity index is 897. The van der Waals surface area contributed by atoms with Gasteiger partial charge < -0.3 is 15.4 Å². The number of rotatable bonds is 4. The second-order valence-electron chi connectivity index (χ2n) is 6.69. The molecule has 0 aromatic heterocycles. The molecular formula is C23H22N2O2. The number of fused-ring (bicyclic) bond motifs is 1. The van der Waals surface area contributed by atoms with Crippen LogP contribution in [-0.4, -0.2) is 6.09 Å². The van der Waals surface area contributed by atoms with Crippen LogP contribution in [0, 0.1) is 0 Å². The minimum absolute atomic E-state index is 0.101. The van der Waals surface area contributed by atoms with E-state index in [1.807, 2.05) is 66.7 Å². The summed E-state index contributed by atoms with van der Waals surface area (Å²) < 4.78 is 5.42. The normalized spacial score (nSPS) is 18.1. The van der Waals surface area contributed by atoms with Gasteiger partial charge in [-0.1, -0.05) is 78.9 Å². The first-order valence-corrected chi connectivity index (χ1v) is 9.17. The molecule has 1 amide bonds. The molecule has 4 rings (SSSR count). The summed E-state index contributed by atoms with van der Waals surface area (Å²) >= 11 is 0. The van der Waals surface area contributed by atoms with Gasteiger partial charge in [0.2, 0.25) is 0 Å². The Morgan fingerprint density at radius 2 is 1.59 bits per heavy atom. The fourth-order valence-corrected chi connectivity index (χ4v) is 3.49. The van der Waals surface area contributed by atoms with Crippen LogP contribution in [-0.2, 0) is 11.3 Å². The number of para-hydroxylation sites is 1. The maximum atomic E-state index is 12.4. The molecule has 0 radical (unpaired) electrons. The van der Waals surface area contributed by atoms with Crippen molar-refractivity contribution >= 4 is 11.8 Å². The first-order chi connectivity index (χ1) is 13.3. The predicted octanol–water partition coefficient (Wildman–Crippen LogP) is 5.21. The highest BCUT2D eigenvalue weighted by Gasteiger charge is 2.28. The maximum absolute atomic E-state index is 12.4. The lowest BCUT2D eigenvalue weighted by Gasteiger charge is -2.33. The number of amides is 1. The Hall–Kier alpha value is -3.27. The fourth-order valence-electron chi connectivity index (χ4n) is 3.49. The summed E-state index contributed by atoms with van der Waals surface area (Å²) in [5.74, 6) is 0. The summed E-state index contributed by atoms with van der Waals surface area (Å²) in [4.78, 5) is 12.4. The molecule has 0 fully saturated rings. The quantitative estimate of drug-likeness (QED) is 0.673. The molecule has 1 heterocycles. The largest absolute Gasteiger partial charge is 0.445 e. The number of benzene rings is 3. The number of carbonyl (C=O) groups excluding carboxylic acids is 1. The lowest BCUT2D eigenvalue weighted by Crippen LogP contribution is -2.34. The van der Waals surface area contributed by atoms with Gasteiger partial charge in [0.15, 0.2) is 0 Å². The van der Waals surface area contributed by atoms with Crippen LogP contribution in [0.2, 0.25) is 0 Å². The summed E-state index contributed by atoms with van der Waals surface area (Å²) in [7, 11) is 0. The van der Waals surface area contributed by atoms with Gasteiger partial charge in [0.05, 0.1) is 12.1 Å². The fraction of sp³-hybridized carbons (Fsp3) is 0.174. The molecule has 3 aromatic carbocycles. The minimum atomic E-state index is -0.396. The van der Waals surface area contributed by atoms with Crippen molar-refractivity contribution in [3.63, 3.8) is 0 Å². The van der Waals surface area contributed by atoms with Crippen LogP contribution in [0.5, 0.6) is 0 Å². The smallest absolute Gasteiger partial charge is 0.407 e. The Morgan fingerprint density at radius 1 is 0.926 bits per heavy atom. The van der Waals surface area contributed by atoms with E-state index in [0.717, 1.165) is 23.2 Å². The van der Waals surface area contributed by atoms with Gasteiger partial charge in [-0.2, -0.15) is 0 Å². The van der Waals surface area contributed by atoms with Crippen LogP contribution in [0.25, 0.3) is 0 Å². The molecule has 4 heteroatoms. The molecule has 2 atom stereocenters. The topological polar surface area (TPSA) is 50.4 Å². The van der Waals surface area contributed by atoms with E-state index in [0.29, 0.717) is 0 Å². The highest BCUT2D eigenvalue weighted by Crippen LogP contribution is 2.38. The average Bonchev–Trinajstić information content (AvgIpc) is 2.73. The van der Waals surface area contributed by atoms with Gasteiger partial charge in [0.25, 0.3) is 0 Å². The summed E-state index contributed by atoms with van der Waals surface area (Å²) in [5, 5.41) is 6.63. The second kappa shape index (κ2) is 7.96. The van der Waals surface area contributed by atoms with E-state index in [1.54, 1.807) is 0 Å². The van der Waals surface area contributed by atoms with Gasteiger partial charge in [-0.05, 0) is 29.2 Å². The van der Waals surface area contributed by atoms with Crippen molar-refractivity contribution in [3.05, 3.63) is 102 Å². The number of nitrogens with one attached hydrogen (secondary N) is 2. The average molecular weight is 358 g/mol. The molecule has 0 unspecified atom stereocenters. The van der Waals surface area contributed by atoms with Gasteiger partial charge in [-0.25, -0.2) is 4.79 Å². The lowest BCUT2D eigenvalue weighted by atomic mass is 9.89. The van der Waals surface area contributed by atoms with E-state index in [4.69, 9.17) is 4.74 Å². The molecule has 1 aliphatic heterocycles. The van der Waals surface area contributed by atoms with Crippen LogP contribution in [0.1, 0.15) is 35.2 Å². The van der Waals surface area contributed by atoms with Crippen molar-refractivity contribution < 1.29 is 9.53 Å². The SMILES string of the molecule is O=C(N[C@H]1C[C@@H](c2ccccc2)Nc2ccccc21)OCc1ccccc1. The van der Waals surface area contributed by atoms with Crippen molar-refractivity contribution in [1.29, 1.82) is 0 Å². The molecule has 27 heavy (non-hydrogen) atoms.